The maximum atomic E-state index is 12.5. The monoisotopic (exact) mass is 548 g/mol. The summed E-state index contributed by atoms with van der Waals surface area (Å²) in [5, 5.41) is 20.2. The van der Waals surface area contributed by atoms with Crippen LogP contribution >= 0.6 is 11.6 Å². The number of halogens is 1. The molecule has 4 N–H and O–H groups in total. The largest absolute Gasteiger partial charge is 0.325 e. The molecule has 0 radical (unpaired) electrons. The highest BCUT2D eigenvalue weighted by Crippen LogP contribution is 2.17. The van der Waals surface area contributed by atoms with Gasteiger partial charge in [0, 0.05) is 10.7 Å². The number of sulfonamides is 1. The highest BCUT2D eigenvalue weighted by molar-refractivity contribution is 7.88. The molecule has 1 heterocycles. The Labute approximate surface area is 220 Å². The average molecular weight is 549 g/mol. The zero-order valence-corrected chi connectivity index (χ0v) is 22.0. The molecule has 1 unspecified atom stereocenters. The molecule has 0 saturated heterocycles. The smallest absolute Gasteiger partial charge is 0.255 e. The van der Waals surface area contributed by atoms with Gasteiger partial charge < -0.3 is 5.32 Å². The summed E-state index contributed by atoms with van der Waals surface area (Å²) in [5.41, 5.74) is 3.99. The van der Waals surface area contributed by atoms with Gasteiger partial charge in [0.1, 0.15) is 5.92 Å². The van der Waals surface area contributed by atoms with E-state index in [0.29, 0.717) is 34.9 Å². The second-order valence-corrected chi connectivity index (χ2v) is 11.2. The number of hydrogen-bond donors (Lipinski definition) is 4. The van der Waals surface area contributed by atoms with E-state index in [1.54, 1.807) is 64.9 Å². The number of carbonyl (C=O) groups is 2. The second-order valence-electron chi connectivity index (χ2n) is 8.96. The number of hydrogen-bond acceptors (Lipinski definition) is 7. The third-order valence-corrected chi connectivity index (χ3v) is 6.90. The zero-order valence-electron chi connectivity index (χ0n) is 20.4. The van der Waals surface area contributed by atoms with E-state index in [-0.39, 0.29) is 18.2 Å². The topological polar surface area (TPSA) is 155 Å². The molecule has 13 heteroatoms. The Morgan fingerprint density at radius 2 is 1.68 bits per heavy atom. The SMILES string of the molecule is CC(C)CC(C(=O)NO)C(=O)Nc1ccc(Cn2cc(CNS(=O)(=O)Cc3ccc(Cl)cc3)nn2)cc1. The van der Waals surface area contributed by atoms with Crippen LogP contribution in [0.3, 0.4) is 0 Å². The predicted molar refractivity (Wildman–Crippen MR) is 138 cm³/mol. The maximum Gasteiger partial charge on any atom is 0.255 e. The minimum Gasteiger partial charge on any atom is -0.325 e. The predicted octanol–water partition coefficient (Wildman–Crippen LogP) is 2.71. The summed E-state index contributed by atoms with van der Waals surface area (Å²) in [6.07, 6.45) is 1.94. The first kappa shape index (κ1) is 28.3. The van der Waals surface area contributed by atoms with Crippen molar-refractivity contribution in [3.63, 3.8) is 0 Å². The fourth-order valence-electron chi connectivity index (χ4n) is 3.52. The van der Waals surface area contributed by atoms with Crippen molar-refractivity contribution in [1.82, 2.24) is 25.2 Å². The van der Waals surface area contributed by atoms with Crippen molar-refractivity contribution in [2.24, 2.45) is 11.8 Å². The molecule has 11 nitrogen and oxygen atoms in total. The molecule has 2 aromatic carbocycles. The fraction of sp³-hybridized carbons (Fsp3) is 0.333. The van der Waals surface area contributed by atoms with Gasteiger partial charge in [0.15, 0.2) is 0 Å². The lowest BCUT2D eigenvalue weighted by Gasteiger charge is -2.17. The van der Waals surface area contributed by atoms with Gasteiger partial charge in [-0.1, -0.05) is 54.9 Å². The number of nitrogens with one attached hydrogen (secondary N) is 3. The molecule has 0 aliphatic carbocycles. The highest BCUT2D eigenvalue weighted by atomic mass is 35.5. The highest BCUT2D eigenvalue weighted by Gasteiger charge is 2.27. The van der Waals surface area contributed by atoms with Crippen molar-refractivity contribution in [2.45, 2.75) is 39.1 Å². The molecule has 1 aromatic heterocycles. The number of rotatable bonds is 12. The van der Waals surface area contributed by atoms with Crippen molar-refractivity contribution >= 4 is 39.1 Å². The molecule has 198 valence electrons. The lowest BCUT2D eigenvalue weighted by atomic mass is 9.95. The second kappa shape index (κ2) is 12.8. The summed E-state index contributed by atoms with van der Waals surface area (Å²) in [6.45, 7) is 4.14. The van der Waals surface area contributed by atoms with Crippen LogP contribution in [0.4, 0.5) is 5.69 Å². The first-order valence-electron chi connectivity index (χ1n) is 11.5. The van der Waals surface area contributed by atoms with Crippen LogP contribution in [-0.2, 0) is 38.5 Å². The van der Waals surface area contributed by atoms with Crippen LogP contribution in [0, 0.1) is 11.8 Å². The lowest BCUT2D eigenvalue weighted by molar-refractivity contribution is -0.139. The van der Waals surface area contributed by atoms with Gasteiger partial charge in [-0.2, -0.15) is 0 Å². The fourth-order valence-corrected chi connectivity index (χ4v) is 4.75. The number of amides is 2. The van der Waals surface area contributed by atoms with E-state index in [2.05, 4.69) is 20.4 Å². The summed E-state index contributed by atoms with van der Waals surface area (Å²) >= 11 is 5.83. The summed E-state index contributed by atoms with van der Waals surface area (Å²) in [7, 11) is -3.57. The first-order chi connectivity index (χ1) is 17.5. The summed E-state index contributed by atoms with van der Waals surface area (Å²) in [5.74, 6) is -2.36. The zero-order chi connectivity index (χ0) is 27.0. The van der Waals surface area contributed by atoms with E-state index in [0.717, 1.165) is 5.56 Å². The Morgan fingerprint density at radius 1 is 1.03 bits per heavy atom. The molecule has 0 saturated carbocycles. The van der Waals surface area contributed by atoms with Crippen LogP contribution in [0.15, 0.2) is 54.7 Å². The normalized spacial score (nSPS) is 12.4. The molecule has 0 aliphatic heterocycles. The van der Waals surface area contributed by atoms with E-state index < -0.39 is 27.8 Å². The molecule has 37 heavy (non-hydrogen) atoms. The Bertz CT molecular complexity index is 1310. The first-order valence-corrected chi connectivity index (χ1v) is 13.5. The molecule has 0 aliphatic rings. The summed E-state index contributed by atoms with van der Waals surface area (Å²) < 4.78 is 28.8. The van der Waals surface area contributed by atoms with Gasteiger partial charge in [0.2, 0.25) is 15.9 Å². The van der Waals surface area contributed by atoms with E-state index >= 15 is 0 Å². The minimum absolute atomic E-state index is 0.000145. The van der Waals surface area contributed by atoms with Crippen LogP contribution in [0.25, 0.3) is 0 Å². The lowest BCUT2D eigenvalue weighted by Crippen LogP contribution is -2.37. The van der Waals surface area contributed by atoms with Crippen molar-refractivity contribution in [3.05, 3.63) is 76.6 Å². The minimum atomic E-state index is -3.57. The van der Waals surface area contributed by atoms with Crippen molar-refractivity contribution < 1.29 is 23.2 Å². The van der Waals surface area contributed by atoms with Gasteiger partial charge >= 0.3 is 0 Å². The molecule has 3 aromatic rings. The van der Waals surface area contributed by atoms with Crippen LogP contribution in [0.2, 0.25) is 5.02 Å². The number of aromatic nitrogens is 3. The van der Waals surface area contributed by atoms with Gasteiger partial charge in [-0.25, -0.2) is 23.3 Å². The molecular weight excluding hydrogens is 520 g/mol. The third-order valence-electron chi connectivity index (χ3n) is 5.35. The van der Waals surface area contributed by atoms with E-state index in [4.69, 9.17) is 16.8 Å². The van der Waals surface area contributed by atoms with Crippen LogP contribution in [-0.4, -0.2) is 40.4 Å². The number of nitrogens with zero attached hydrogens (tertiary/aromatic N) is 3. The van der Waals surface area contributed by atoms with E-state index in [1.807, 2.05) is 13.8 Å². The third kappa shape index (κ3) is 8.93. The molecule has 3 rings (SSSR count). The van der Waals surface area contributed by atoms with E-state index in [9.17, 15) is 18.0 Å². The Morgan fingerprint density at radius 3 is 2.30 bits per heavy atom. The molecule has 0 bridgehead atoms. The van der Waals surface area contributed by atoms with Crippen LogP contribution < -0.4 is 15.5 Å². The Balaban J connectivity index is 1.53. The Kier molecular flexibility index (Phi) is 9.75. The molecule has 0 spiro atoms. The number of hydroxylamine groups is 1. The van der Waals surface area contributed by atoms with Gasteiger partial charge in [0.25, 0.3) is 5.91 Å². The van der Waals surface area contributed by atoms with Crippen LogP contribution in [0.5, 0.6) is 0 Å². The number of anilines is 1. The molecule has 2 amide bonds. The van der Waals surface area contributed by atoms with E-state index in [1.165, 1.54) is 0 Å². The molecule has 1 atom stereocenters. The summed E-state index contributed by atoms with van der Waals surface area (Å²) in [6, 6.07) is 13.5. The maximum absolute atomic E-state index is 12.5. The van der Waals surface area contributed by atoms with Gasteiger partial charge in [0.05, 0.1) is 30.7 Å². The van der Waals surface area contributed by atoms with Crippen molar-refractivity contribution in [3.8, 4) is 0 Å². The van der Waals surface area contributed by atoms with Gasteiger partial charge in [-0.15, -0.1) is 5.10 Å². The number of carbonyl (C=O) groups excluding carboxylic acids is 2. The summed E-state index contributed by atoms with van der Waals surface area (Å²) in [4.78, 5) is 24.4. The standard InChI is InChI=1S/C24H29ClN6O5S/c1-16(2)11-22(24(33)29-34)23(32)27-20-9-5-17(6-10-20)13-31-14-21(28-30-31)12-26-37(35,36)15-18-3-7-19(25)8-4-18/h3-10,14,16,22,26,34H,11-13,15H2,1-2H3,(H,27,32)(H,29,33). The molecular formula is C24H29ClN6O5S. The van der Waals surface area contributed by atoms with Crippen molar-refractivity contribution in [1.29, 1.82) is 0 Å². The number of benzene rings is 2. The molecule has 0 fully saturated rings. The van der Waals surface area contributed by atoms with Crippen LogP contribution in [0.1, 0.15) is 37.1 Å². The Hall–Kier alpha value is -3.32. The van der Waals surface area contributed by atoms with Gasteiger partial charge in [-0.3, -0.25) is 14.8 Å². The van der Waals surface area contributed by atoms with Crippen molar-refractivity contribution in [2.75, 3.05) is 5.32 Å². The average Bonchev–Trinajstić information content (AvgIpc) is 3.30. The quantitative estimate of drug-likeness (QED) is 0.154. The van der Waals surface area contributed by atoms with Gasteiger partial charge in [-0.05, 0) is 47.7 Å².